The fourth-order valence-electron chi connectivity index (χ4n) is 2.86. The largest absolute Gasteiger partial charge is 0.462 e. The maximum absolute atomic E-state index is 12.2. The van der Waals surface area contributed by atoms with E-state index in [-0.39, 0.29) is 12.1 Å². The first kappa shape index (κ1) is 17.2. The maximum atomic E-state index is 12.2. The Morgan fingerprint density at radius 2 is 1.74 bits per heavy atom. The van der Waals surface area contributed by atoms with E-state index in [9.17, 15) is 10.0 Å². The number of carbonyl (C=O) groups is 1. The lowest BCUT2D eigenvalue weighted by Crippen LogP contribution is -2.60. The number of nitrogens with zero attached hydrogens (tertiary/aromatic N) is 1. The quantitative estimate of drug-likeness (QED) is 0.317. The molecule has 1 rings (SSSR count). The standard InChI is InChI=1S/C14H25INO3/c1-13(2)9-11(10-14(3,4)16(13)18)19-12(17)7-5-6-8-15/h11H,5-10H2,1-4H3. The van der Waals surface area contributed by atoms with E-state index in [1.807, 2.05) is 27.7 Å². The summed E-state index contributed by atoms with van der Waals surface area (Å²) in [5, 5.41) is 13.3. The molecular weight excluding hydrogens is 357 g/mol. The Morgan fingerprint density at radius 3 is 2.21 bits per heavy atom. The van der Waals surface area contributed by atoms with Crippen LogP contribution in [0.15, 0.2) is 0 Å². The zero-order valence-electron chi connectivity index (χ0n) is 12.4. The normalized spacial score (nSPS) is 23.3. The van der Waals surface area contributed by atoms with Gasteiger partial charge in [-0.25, -0.2) is 0 Å². The number of unbranched alkanes of at least 4 members (excludes halogenated alkanes) is 1. The Hall–Kier alpha value is 0.120. The summed E-state index contributed by atoms with van der Waals surface area (Å²) in [7, 11) is 0. The van der Waals surface area contributed by atoms with Gasteiger partial charge in [0.1, 0.15) is 6.10 Å². The van der Waals surface area contributed by atoms with Gasteiger partial charge in [0.2, 0.25) is 0 Å². The summed E-state index contributed by atoms with van der Waals surface area (Å²) in [4.78, 5) is 11.8. The van der Waals surface area contributed by atoms with E-state index in [2.05, 4.69) is 22.6 Å². The monoisotopic (exact) mass is 382 g/mol. The van der Waals surface area contributed by atoms with Crippen molar-refractivity contribution in [2.24, 2.45) is 0 Å². The average molecular weight is 382 g/mol. The molecule has 111 valence electrons. The SMILES string of the molecule is CC1(C)CC(OC(=O)CCCCI)CC(C)(C)N1[O]. The van der Waals surface area contributed by atoms with Crippen LogP contribution < -0.4 is 0 Å². The van der Waals surface area contributed by atoms with Crippen molar-refractivity contribution < 1.29 is 14.7 Å². The predicted molar refractivity (Wildman–Crippen MR) is 82.5 cm³/mol. The number of piperidine rings is 1. The van der Waals surface area contributed by atoms with E-state index >= 15 is 0 Å². The van der Waals surface area contributed by atoms with Crippen molar-refractivity contribution in [2.45, 2.75) is 77.0 Å². The minimum absolute atomic E-state index is 0.124. The lowest BCUT2D eigenvalue weighted by atomic mass is 9.80. The lowest BCUT2D eigenvalue weighted by Gasteiger charge is -2.49. The van der Waals surface area contributed by atoms with Gasteiger partial charge in [0.15, 0.2) is 0 Å². The second-order valence-corrected chi connectivity index (χ2v) is 7.66. The molecule has 0 aromatic carbocycles. The van der Waals surface area contributed by atoms with Crippen molar-refractivity contribution in [3.63, 3.8) is 0 Å². The highest BCUT2D eigenvalue weighted by atomic mass is 127. The van der Waals surface area contributed by atoms with Crippen LogP contribution in [0.25, 0.3) is 0 Å². The van der Waals surface area contributed by atoms with Gasteiger partial charge in [0.05, 0.1) is 0 Å². The summed E-state index contributed by atoms with van der Waals surface area (Å²) >= 11 is 2.31. The molecule has 0 bridgehead atoms. The number of hydroxylamine groups is 2. The van der Waals surface area contributed by atoms with Crippen LogP contribution in [-0.4, -0.2) is 32.6 Å². The van der Waals surface area contributed by atoms with Crippen LogP contribution in [0.3, 0.4) is 0 Å². The van der Waals surface area contributed by atoms with Crippen LogP contribution in [0.1, 0.15) is 59.8 Å². The number of esters is 1. The van der Waals surface area contributed by atoms with Gasteiger partial charge in [-0.15, -0.1) is 10.3 Å². The van der Waals surface area contributed by atoms with Gasteiger partial charge in [-0.05, 0) is 45.0 Å². The van der Waals surface area contributed by atoms with Crippen molar-refractivity contribution in [1.29, 1.82) is 0 Å². The molecule has 1 saturated heterocycles. The first-order valence-corrected chi connectivity index (χ1v) is 8.44. The minimum atomic E-state index is -0.477. The first-order chi connectivity index (χ1) is 8.69. The van der Waals surface area contributed by atoms with Gasteiger partial charge in [-0.2, -0.15) is 0 Å². The van der Waals surface area contributed by atoms with Gasteiger partial charge in [-0.1, -0.05) is 22.6 Å². The van der Waals surface area contributed by atoms with Crippen LogP contribution in [-0.2, 0) is 14.7 Å². The summed E-state index contributed by atoms with van der Waals surface area (Å²) in [6.45, 7) is 7.66. The van der Waals surface area contributed by atoms with E-state index in [4.69, 9.17) is 4.74 Å². The fraction of sp³-hybridized carbons (Fsp3) is 0.929. The Labute approximate surface area is 130 Å². The van der Waals surface area contributed by atoms with Crippen molar-refractivity contribution in [2.75, 3.05) is 4.43 Å². The molecule has 0 unspecified atom stereocenters. The van der Waals surface area contributed by atoms with E-state index in [1.54, 1.807) is 0 Å². The maximum Gasteiger partial charge on any atom is 0.306 e. The highest BCUT2D eigenvalue weighted by molar-refractivity contribution is 14.1. The molecule has 1 aliphatic heterocycles. The predicted octanol–water partition coefficient (Wildman–Crippen LogP) is 3.50. The van der Waals surface area contributed by atoms with Gasteiger partial charge in [-0.3, -0.25) is 4.79 Å². The third-order valence-electron chi connectivity index (χ3n) is 3.62. The third-order valence-corrected chi connectivity index (χ3v) is 4.38. The Morgan fingerprint density at radius 1 is 1.21 bits per heavy atom. The van der Waals surface area contributed by atoms with Gasteiger partial charge < -0.3 is 4.74 Å². The first-order valence-electron chi connectivity index (χ1n) is 6.92. The van der Waals surface area contributed by atoms with E-state index in [0.717, 1.165) is 22.3 Å². The van der Waals surface area contributed by atoms with Gasteiger partial charge in [0.25, 0.3) is 0 Å². The number of hydrogen-bond acceptors (Lipinski definition) is 3. The zero-order valence-corrected chi connectivity index (χ0v) is 14.5. The molecule has 1 fully saturated rings. The summed E-state index contributed by atoms with van der Waals surface area (Å²) in [5.41, 5.74) is -0.955. The number of alkyl halides is 1. The molecule has 1 aliphatic rings. The highest BCUT2D eigenvalue weighted by Crippen LogP contribution is 2.38. The van der Waals surface area contributed by atoms with Crippen LogP contribution in [0, 0.1) is 0 Å². The van der Waals surface area contributed by atoms with Crippen LogP contribution in [0.2, 0.25) is 0 Å². The van der Waals surface area contributed by atoms with Crippen LogP contribution in [0.5, 0.6) is 0 Å². The Kier molecular flexibility index (Phi) is 6.07. The Balaban J connectivity index is 2.53. The molecule has 0 N–H and O–H groups in total. The van der Waals surface area contributed by atoms with Gasteiger partial charge in [0, 0.05) is 30.3 Å². The molecule has 0 spiro atoms. The molecule has 19 heavy (non-hydrogen) atoms. The van der Waals surface area contributed by atoms with Crippen LogP contribution in [0.4, 0.5) is 0 Å². The summed E-state index contributed by atoms with van der Waals surface area (Å²) in [6.07, 6.45) is 3.50. The zero-order chi connectivity index (χ0) is 14.7. The number of hydrogen-bond donors (Lipinski definition) is 0. The molecule has 0 amide bonds. The molecule has 0 aromatic rings. The topological polar surface area (TPSA) is 49.4 Å². The van der Waals surface area contributed by atoms with E-state index in [1.165, 1.54) is 0 Å². The van der Waals surface area contributed by atoms with E-state index < -0.39 is 11.1 Å². The molecule has 0 saturated carbocycles. The van der Waals surface area contributed by atoms with Crippen molar-refractivity contribution in [3.05, 3.63) is 0 Å². The second-order valence-electron chi connectivity index (χ2n) is 6.59. The fourth-order valence-corrected chi connectivity index (χ4v) is 3.40. The molecule has 1 radical (unpaired) electrons. The van der Waals surface area contributed by atoms with Crippen LogP contribution >= 0.6 is 22.6 Å². The number of ether oxygens (including phenoxy) is 1. The van der Waals surface area contributed by atoms with E-state index in [0.29, 0.717) is 19.3 Å². The second kappa shape index (κ2) is 6.72. The molecular formula is C14H25INO3. The number of carbonyl (C=O) groups excluding carboxylic acids is 1. The molecule has 4 nitrogen and oxygen atoms in total. The average Bonchev–Trinajstić information content (AvgIpc) is 2.25. The smallest absolute Gasteiger partial charge is 0.306 e. The summed E-state index contributed by atoms with van der Waals surface area (Å²) in [5.74, 6) is -0.124. The summed E-state index contributed by atoms with van der Waals surface area (Å²) < 4.78 is 6.62. The molecule has 0 atom stereocenters. The highest BCUT2D eigenvalue weighted by Gasteiger charge is 2.47. The van der Waals surface area contributed by atoms with Crippen molar-refractivity contribution in [3.8, 4) is 0 Å². The minimum Gasteiger partial charge on any atom is -0.462 e. The third kappa shape index (κ3) is 4.86. The molecule has 1 heterocycles. The Bertz CT molecular complexity index is 300. The molecule has 0 aromatic heterocycles. The molecule has 0 aliphatic carbocycles. The van der Waals surface area contributed by atoms with Gasteiger partial charge >= 0.3 is 5.97 Å². The van der Waals surface area contributed by atoms with Crippen molar-refractivity contribution >= 4 is 28.6 Å². The van der Waals surface area contributed by atoms with Crippen molar-refractivity contribution in [1.82, 2.24) is 5.06 Å². The molecule has 5 heteroatoms. The summed E-state index contributed by atoms with van der Waals surface area (Å²) in [6, 6.07) is 0. The number of halogens is 1. The lowest BCUT2D eigenvalue weighted by molar-refractivity contribution is -0.299. The number of rotatable bonds is 5.